The van der Waals surface area contributed by atoms with E-state index >= 15 is 0 Å². The molecule has 0 unspecified atom stereocenters. The van der Waals surface area contributed by atoms with Gasteiger partial charge in [0.1, 0.15) is 5.01 Å². The average Bonchev–Trinajstić information content (AvgIpc) is 3.17. The molecule has 0 bridgehead atoms. The third kappa shape index (κ3) is 2.64. The van der Waals surface area contributed by atoms with Crippen molar-refractivity contribution in [1.29, 1.82) is 0 Å². The molecule has 1 aliphatic rings. The molecule has 7 heteroatoms. The van der Waals surface area contributed by atoms with Gasteiger partial charge in [0.25, 0.3) is 5.91 Å². The first-order valence-electron chi connectivity index (χ1n) is 7.08. The average molecular weight is 320 g/mol. The Bertz CT molecular complexity index is 713. The number of hydrogen-bond donors (Lipinski definition) is 2. The molecule has 0 saturated heterocycles. The smallest absolute Gasteiger partial charge is 0.371 e. The Hall–Kier alpha value is -2.15. The lowest BCUT2D eigenvalue weighted by Gasteiger charge is -2.27. The first-order chi connectivity index (χ1) is 10.5. The fraction of sp³-hybridized carbons (Fsp3) is 0.400. The molecule has 1 fully saturated rings. The second-order valence-corrected chi connectivity index (χ2v) is 6.36. The number of furan rings is 1. The number of rotatable bonds is 4. The second kappa shape index (κ2) is 5.57. The van der Waals surface area contributed by atoms with Crippen molar-refractivity contribution in [1.82, 2.24) is 10.3 Å². The minimum absolute atomic E-state index is 0.0111. The van der Waals surface area contributed by atoms with Crippen LogP contribution in [0, 0.1) is 6.92 Å². The third-order valence-corrected chi connectivity index (χ3v) is 5.04. The molecule has 2 aromatic rings. The minimum atomic E-state index is -1.19. The molecule has 0 spiro atoms. The van der Waals surface area contributed by atoms with E-state index in [0.29, 0.717) is 0 Å². The van der Waals surface area contributed by atoms with Gasteiger partial charge in [0.15, 0.2) is 5.76 Å². The number of amides is 1. The number of carboxylic acids is 1. The van der Waals surface area contributed by atoms with Crippen molar-refractivity contribution in [3.05, 3.63) is 39.7 Å². The lowest BCUT2D eigenvalue weighted by atomic mass is 9.98. The molecular formula is C15H16N2O4S. The first-order valence-corrected chi connectivity index (χ1v) is 7.96. The van der Waals surface area contributed by atoms with Gasteiger partial charge in [-0.1, -0.05) is 12.8 Å². The molecular weight excluding hydrogens is 304 g/mol. The molecule has 2 N–H and O–H groups in total. The molecule has 22 heavy (non-hydrogen) atoms. The number of carboxylic acid groups (broad SMARTS) is 1. The van der Waals surface area contributed by atoms with Crippen LogP contribution in [0.3, 0.4) is 0 Å². The summed E-state index contributed by atoms with van der Waals surface area (Å²) >= 11 is 1.54. The van der Waals surface area contributed by atoms with E-state index in [1.807, 2.05) is 12.3 Å². The number of carbonyl (C=O) groups excluding carboxylic acids is 1. The highest BCUT2D eigenvalue weighted by molar-refractivity contribution is 7.09. The van der Waals surface area contributed by atoms with E-state index in [2.05, 4.69) is 10.3 Å². The van der Waals surface area contributed by atoms with Gasteiger partial charge in [-0.15, -0.1) is 11.3 Å². The summed E-state index contributed by atoms with van der Waals surface area (Å²) < 4.78 is 5.07. The van der Waals surface area contributed by atoms with Crippen molar-refractivity contribution in [3.63, 3.8) is 0 Å². The van der Waals surface area contributed by atoms with Gasteiger partial charge in [-0.25, -0.2) is 9.78 Å². The van der Waals surface area contributed by atoms with Crippen LogP contribution < -0.4 is 5.32 Å². The second-order valence-electron chi connectivity index (χ2n) is 5.51. The van der Waals surface area contributed by atoms with Gasteiger partial charge in [-0.2, -0.15) is 0 Å². The summed E-state index contributed by atoms with van der Waals surface area (Å²) in [6, 6.07) is 2.67. The maximum absolute atomic E-state index is 12.4. The molecule has 1 saturated carbocycles. The van der Waals surface area contributed by atoms with Crippen molar-refractivity contribution in [2.24, 2.45) is 0 Å². The number of carbonyl (C=O) groups is 2. The number of hydrogen-bond acceptors (Lipinski definition) is 5. The number of thiazole rings is 1. The lowest BCUT2D eigenvalue weighted by molar-refractivity contribution is 0.0658. The van der Waals surface area contributed by atoms with Crippen molar-refractivity contribution in [3.8, 4) is 0 Å². The van der Waals surface area contributed by atoms with Crippen LogP contribution in [0.15, 0.2) is 21.9 Å². The van der Waals surface area contributed by atoms with Crippen molar-refractivity contribution >= 4 is 23.2 Å². The van der Waals surface area contributed by atoms with E-state index in [1.165, 1.54) is 12.1 Å². The molecule has 0 aromatic carbocycles. The number of nitrogens with one attached hydrogen (secondary N) is 1. The predicted octanol–water partition coefficient (Wildman–Crippen LogP) is 2.94. The number of aromatic carboxylic acids is 1. The lowest BCUT2D eigenvalue weighted by Crippen LogP contribution is -2.43. The summed E-state index contributed by atoms with van der Waals surface area (Å²) in [6.07, 6.45) is 3.71. The molecule has 0 atom stereocenters. The van der Waals surface area contributed by atoms with Gasteiger partial charge in [-0.05, 0) is 31.9 Å². The Balaban J connectivity index is 1.84. The molecule has 0 radical (unpaired) electrons. The van der Waals surface area contributed by atoms with E-state index in [9.17, 15) is 9.59 Å². The van der Waals surface area contributed by atoms with Crippen LogP contribution in [0.5, 0.6) is 0 Å². The van der Waals surface area contributed by atoms with Crippen LogP contribution in [0.4, 0.5) is 0 Å². The van der Waals surface area contributed by atoms with Crippen LogP contribution >= 0.6 is 11.3 Å². The van der Waals surface area contributed by atoms with Crippen molar-refractivity contribution < 1.29 is 19.1 Å². The Labute approximate surface area is 131 Å². The normalized spacial score (nSPS) is 16.6. The van der Waals surface area contributed by atoms with Crippen LogP contribution in [0.25, 0.3) is 0 Å². The van der Waals surface area contributed by atoms with E-state index in [0.717, 1.165) is 36.4 Å². The molecule has 1 aliphatic carbocycles. The topological polar surface area (TPSA) is 92.4 Å². The van der Waals surface area contributed by atoms with Gasteiger partial charge >= 0.3 is 5.97 Å². The third-order valence-electron chi connectivity index (χ3n) is 3.88. The summed E-state index contributed by atoms with van der Waals surface area (Å²) in [6.45, 7) is 1.93. The Morgan fingerprint density at radius 1 is 1.32 bits per heavy atom. The molecule has 116 valence electrons. The largest absolute Gasteiger partial charge is 0.475 e. The van der Waals surface area contributed by atoms with E-state index in [-0.39, 0.29) is 11.5 Å². The zero-order valence-electron chi connectivity index (χ0n) is 12.1. The van der Waals surface area contributed by atoms with E-state index < -0.39 is 17.4 Å². The fourth-order valence-corrected chi connectivity index (χ4v) is 3.81. The van der Waals surface area contributed by atoms with Gasteiger partial charge in [0.2, 0.25) is 5.76 Å². The van der Waals surface area contributed by atoms with Crippen LogP contribution in [0.1, 0.15) is 57.5 Å². The zero-order chi connectivity index (χ0) is 15.7. The number of aryl methyl sites for hydroxylation is 1. The zero-order valence-corrected chi connectivity index (χ0v) is 12.9. The fourth-order valence-electron chi connectivity index (χ4n) is 2.80. The highest BCUT2D eigenvalue weighted by Crippen LogP contribution is 2.40. The minimum Gasteiger partial charge on any atom is -0.475 e. The highest BCUT2D eigenvalue weighted by atomic mass is 32.1. The van der Waals surface area contributed by atoms with Crippen LogP contribution in [-0.2, 0) is 5.54 Å². The number of nitrogens with zero attached hydrogens (tertiary/aromatic N) is 1. The molecule has 6 nitrogen and oxygen atoms in total. The SMILES string of the molecule is Cc1csc(C2(NC(=O)c3ccc(C(=O)O)o3)CCCC2)n1. The van der Waals surface area contributed by atoms with E-state index in [4.69, 9.17) is 9.52 Å². The van der Waals surface area contributed by atoms with Gasteiger partial charge in [-0.3, -0.25) is 4.79 Å². The monoisotopic (exact) mass is 320 g/mol. The molecule has 2 heterocycles. The maximum Gasteiger partial charge on any atom is 0.371 e. The van der Waals surface area contributed by atoms with Crippen LogP contribution in [-0.4, -0.2) is 22.0 Å². The summed E-state index contributed by atoms with van der Waals surface area (Å²) in [5.74, 6) is -1.82. The summed E-state index contributed by atoms with van der Waals surface area (Å²) in [7, 11) is 0. The van der Waals surface area contributed by atoms with E-state index in [1.54, 1.807) is 11.3 Å². The Morgan fingerprint density at radius 2 is 2.00 bits per heavy atom. The van der Waals surface area contributed by atoms with Gasteiger partial charge < -0.3 is 14.8 Å². The van der Waals surface area contributed by atoms with Crippen molar-refractivity contribution in [2.45, 2.75) is 38.1 Å². The molecule has 0 aliphatic heterocycles. The van der Waals surface area contributed by atoms with Crippen LogP contribution in [0.2, 0.25) is 0 Å². The Morgan fingerprint density at radius 3 is 2.55 bits per heavy atom. The quantitative estimate of drug-likeness (QED) is 0.903. The summed E-state index contributed by atoms with van der Waals surface area (Å²) in [4.78, 5) is 27.8. The first kappa shape index (κ1) is 14.8. The Kier molecular flexibility index (Phi) is 3.74. The van der Waals surface area contributed by atoms with Gasteiger partial charge in [0, 0.05) is 11.1 Å². The summed E-state index contributed by atoms with van der Waals surface area (Å²) in [5.41, 5.74) is 0.471. The van der Waals surface area contributed by atoms with Gasteiger partial charge in [0.05, 0.1) is 5.54 Å². The van der Waals surface area contributed by atoms with Crippen molar-refractivity contribution in [2.75, 3.05) is 0 Å². The molecule has 3 rings (SSSR count). The number of aromatic nitrogens is 1. The molecule has 1 amide bonds. The highest BCUT2D eigenvalue weighted by Gasteiger charge is 2.40. The maximum atomic E-state index is 12.4. The predicted molar refractivity (Wildman–Crippen MR) is 80.1 cm³/mol. The standard InChI is InChI=1S/C15H16N2O4S/c1-9-8-22-14(16-9)15(6-2-3-7-15)17-12(18)10-4-5-11(21-10)13(19)20/h4-5,8H,2-3,6-7H2,1H3,(H,17,18)(H,19,20). The molecule has 2 aromatic heterocycles. The summed E-state index contributed by atoms with van der Waals surface area (Å²) in [5, 5.41) is 14.7.